The minimum absolute atomic E-state index is 0.0379. The number of H-pyrrole nitrogens is 1. The molecule has 1 aliphatic rings. The Morgan fingerprint density at radius 3 is 2.06 bits per heavy atom. The average Bonchev–Trinajstić information content (AvgIpc) is 3.27. The summed E-state index contributed by atoms with van der Waals surface area (Å²) in [6.07, 6.45) is -0.685. The summed E-state index contributed by atoms with van der Waals surface area (Å²) in [6, 6.07) is 0. The molecule has 36 heavy (non-hydrogen) atoms. The Balaban J connectivity index is 2.17. The van der Waals surface area contributed by atoms with E-state index in [2.05, 4.69) is 82.7 Å². The van der Waals surface area contributed by atoms with Crippen molar-refractivity contribution in [2.45, 2.75) is 102 Å². The van der Waals surface area contributed by atoms with E-state index in [0.29, 0.717) is 11.6 Å². The van der Waals surface area contributed by atoms with Crippen LogP contribution in [0.3, 0.4) is 0 Å². The molecular weight excluding hydrogens is 494 g/mol. The number of nitrogens with one attached hydrogen (secondary N) is 1. The molecule has 1 saturated heterocycles. The van der Waals surface area contributed by atoms with Crippen LogP contribution in [0.15, 0.2) is 11.1 Å². The van der Waals surface area contributed by atoms with Crippen LogP contribution in [0.25, 0.3) is 11.2 Å². The van der Waals surface area contributed by atoms with E-state index in [0.717, 1.165) is 0 Å². The Hall–Kier alpha value is -1.58. The number of anilines is 1. The van der Waals surface area contributed by atoms with Gasteiger partial charge in [0.05, 0.1) is 12.9 Å². The van der Waals surface area contributed by atoms with Crippen molar-refractivity contribution in [3.63, 3.8) is 0 Å². The van der Waals surface area contributed by atoms with Gasteiger partial charge in [0.25, 0.3) is 5.56 Å². The van der Waals surface area contributed by atoms with Crippen LogP contribution in [0.4, 0.5) is 5.95 Å². The van der Waals surface area contributed by atoms with E-state index in [1.807, 2.05) is 14.1 Å². The van der Waals surface area contributed by atoms with Gasteiger partial charge >= 0.3 is 0 Å². The first-order valence-electron chi connectivity index (χ1n) is 12.6. The number of aromatic amines is 1. The number of fused-ring (bicyclic) bond motifs is 1. The van der Waals surface area contributed by atoms with Gasteiger partial charge in [0.15, 0.2) is 34.0 Å². The number of hydrogen-bond acceptors (Lipinski definition) is 8. The van der Waals surface area contributed by atoms with Gasteiger partial charge in [-0.3, -0.25) is 14.3 Å². The molecule has 204 valence electrons. The second-order valence-electron chi connectivity index (χ2n) is 13.0. The molecule has 0 unspecified atom stereocenters. The highest BCUT2D eigenvalue weighted by molar-refractivity contribution is 6.74. The maximum Gasteiger partial charge on any atom is 0.280 e. The molecule has 0 bridgehead atoms. The summed E-state index contributed by atoms with van der Waals surface area (Å²) >= 11 is 0. The number of rotatable bonds is 7. The number of aromatic nitrogens is 4. The van der Waals surface area contributed by atoms with Crippen LogP contribution in [-0.4, -0.2) is 80.3 Å². The normalized spacial score (nSPS) is 24.0. The Labute approximate surface area is 216 Å². The zero-order valence-electron chi connectivity index (χ0n) is 24.0. The predicted molar refractivity (Wildman–Crippen MR) is 148 cm³/mol. The van der Waals surface area contributed by atoms with Gasteiger partial charge in [-0.1, -0.05) is 41.5 Å². The zero-order valence-corrected chi connectivity index (χ0v) is 26.0. The average molecular weight is 540 g/mol. The molecule has 0 aromatic carbocycles. The third kappa shape index (κ3) is 5.34. The summed E-state index contributed by atoms with van der Waals surface area (Å²) in [6.45, 7) is 21.7. The maximum atomic E-state index is 12.7. The van der Waals surface area contributed by atoms with Gasteiger partial charge in [0.2, 0.25) is 5.95 Å². The van der Waals surface area contributed by atoms with E-state index in [9.17, 15) is 9.90 Å². The molecular formula is C24H45N5O5Si2. The van der Waals surface area contributed by atoms with E-state index in [4.69, 9.17) is 13.6 Å². The summed E-state index contributed by atoms with van der Waals surface area (Å²) < 4.78 is 22.1. The molecule has 12 heteroatoms. The van der Waals surface area contributed by atoms with E-state index in [-0.39, 0.29) is 27.8 Å². The first kappa shape index (κ1) is 29.0. The first-order valence-corrected chi connectivity index (χ1v) is 18.4. The van der Waals surface area contributed by atoms with Crippen LogP contribution in [0.5, 0.6) is 0 Å². The van der Waals surface area contributed by atoms with Gasteiger partial charge in [-0.25, -0.2) is 4.98 Å². The van der Waals surface area contributed by atoms with Crippen molar-refractivity contribution in [2.75, 3.05) is 25.6 Å². The van der Waals surface area contributed by atoms with E-state index < -0.39 is 41.2 Å². The Morgan fingerprint density at radius 1 is 1.06 bits per heavy atom. The molecule has 3 heterocycles. The highest BCUT2D eigenvalue weighted by Gasteiger charge is 2.54. The molecule has 1 fully saturated rings. The van der Waals surface area contributed by atoms with Crippen LogP contribution in [0, 0.1) is 0 Å². The fraction of sp³-hybridized carbons (Fsp3) is 0.792. The van der Waals surface area contributed by atoms with Crippen LogP contribution in [0.1, 0.15) is 47.8 Å². The minimum Gasteiger partial charge on any atom is -0.408 e. The van der Waals surface area contributed by atoms with Crippen LogP contribution < -0.4 is 10.5 Å². The zero-order chi connectivity index (χ0) is 27.4. The number of aliphatic hydroxyl groups is 1. The monoisotopic (exact) mass is 539 g/mol. The van der Waals surface area contributed by atoms with Crippen molar-refractivity contribution in [1.82, 2.24) is 19.5 Å². The molecule has 0 amide bonds. The molecule has 10 nitrogen and oxygen atoms in total. The number of hydrogen-bond donors (Lipinski definition) is 2. The van der Waals surface area contributed by atoms with Crippen molar-refractivity contribution < 1.29 is 18.7 Å². The van der Waals surface area contributed by atoms with Crippen LogP contribution in [-0.2, 0) is 13.6 Å². The molecule has 2 aromatic heterocycles. The van der Waals surface area contributed by atoms with Gasteiger partial charge < -0.3 is 23.6 Å². The molecule has 1 aliphatic heterocycles. The molecule has 2 aromatic rings. The third-order valence-corrected chi connectivity index (χ3v) is 17.0. The molecule has 0 spiro atoms. The summed E-state index contributed by atoms with van der Waals surface area (Å²) in [5.74, 6) is 0.418. The van der Waals surface area contributed by atoms with E-state index in [1.54, 1.807) is 15.8 Å². The summed E-state index contributed by atoms with van der Waals surface area (Å²) in [7, 11) is -0.922. The van der Waals surface area contributed by atoms with Gasteiger partial charge in [0, 0.05) is 14.1 Å². The van der Waals surface area contributed by atoms with Crippen molar-refractivity contribution in [3.8, 4) is 0 Å². The predicted octanol–water partition coefficient (Wildman–Crippen LogP) is 3.86. The highest BCUT2D eigenvalue weighted by atomic mass is 28.4. The fourth-order valence-electron chi connectivity index (χ4n) is 3.69. The highest BCUT2D eigenvalue weighted by Crippen LogP contribution is 2.45. The van der Waals surface area contributed by atoms with Gasteiger partial charge in [0.1, 0.15) is 18.3 Å². The van der Waals surface area contributed by atoms with Gasteiger partial charge in [-0.2, -0.15) is 4.98 Å². The molecule has 4 atom stereocenters. The Kier molecular flexibility index (Phi) is 7.75. The lowest BCUT2D eigenvalue weighted by atomic mass is 10.1. The van der Waals surface area contributed by atoms with E-state index in [1.165, 1.54) is 0 Å². The van der Waals surface area contributed by atoms with Crippen LogP contribution in [0.2, 0.25) is 36.3 Å². The largest absolute Gasteiger partial charge is 0.408 e. The SMILES string of the molecule is CN(C)c1nc2c(ncn2[C@@H]2O[C@H](CO)[C@@H](O[Si](C)(C)C(C)(C)C)[C@H]2O[Si](C)(C)C(C)(C)C)c(=O)[nH]1. The molecule has 3 rings (SSSR count). The van der Waals surface area contributed by atoms with Crippen LogP contribution >= 0.6 is 0 Å². The van der Waals surface area contributed by atoms with Gasteiger partial charge in [-0.05, 0) is 36.3 Å². The molecule has 0 saturated carbocycles. The van der Waals surface area contributed by atoms with Crippen molar-refractivity contribution in [2.24, 2.45) is 0 Å². The first-order chi connectivity index (χ1) is 16.3. The lowest BCUT2D eigenvalue weighted by molar-refractivity contribution is -0.0491. The van der Waals surface area contributed by atoms with Crippen molar-refractivity contribution in [3.05, 3.63) is 16.7 Å². The minimum atomic E-state index is -2.29. The molecule has 2 N–H and O–H groups in total. The number of aliphatic hydroxyl groups excluding tert-OH is 1. The van der Waals surface area contributed by atoms with Crippen molar-refractivity contribution >= 4 is 33.7 Å². The topological polar surface area (TPSA) is 115 Å². The lowest BCUT2D eigenvalue weighted by Gasteiger charge is -2.44. The summed E-state index contributed by atoms with van der Waals surface area (Å²) in [5, 5.41) is 10.3. The smallest absolute Gasteiger partial charge is 0.280 e. The Morgan fingerprint density at radius 2 is 1.58 bits per heavy atom. The maximum absolute atomic E-state index is 12.7. The molecule has 0 radical (unpaired) electrons. The third-order valence-electron chi connectivity index (χ3n) is 8.06. The second-order valence-corrected chi connectivity index (χ2v) is 22.6. The number of imidazole rings is 1. The standard InChI is InChI=1S/C24H45N5O5Si2/c1-23(2,3)35(9,10)33-17-15(13-30)32-21(18(17)34-36(11,12)24(4,5)6)29-14-25-16-19(29)26-22(28(7)8)27-20(16)31/h14-15,17-18,21,30H,13H2,1-12H3,(H,26,27,31)/t15-,17-,18-,21-/m1/s1. The van der Waals surface area contributed by atoms with Crippen molar-refractivity contribution in [1.29, 1.82) is 0 Å². The summed E-state index contributed by atoms with van der Waals surface area (Å²) in [4.78, 5) is 26.2. The Bertz CT molecular complexity index is 1130. The van der Waals surface area contributed by atoms with Gasteiger partial charge in [-0.15, -0.1) is 0 Å². The number of ether oxygens (including phenoxy) is 1. The molecule has 0 aliphatic carbocycles. The quantitative estimate of drug-likeness (QED) is 0.510. The summed E-state index contributed by atoms with van der Waals surface area (Å²) in [5.41, 5.74) is 0.306. The fourth-order valence-corrected chi connectivity index (χ4v) is 6.30. The lowest BCUT2D eigenvalue weighted by Crippen LogP contribution is -2.53. The second kappa shape index (κ2) is 9.62. The number of nitrogens with zero attached hydrogens (tertiary/aromatic N) is 4. The van der Waals surface area contributed by atoms with E-state index >= 15 is 0 Å².